The third kappa shape index (κ3) is 1.40. The molecule has 0 spiro atoms. The average molecular weight is 212 g/mol. The monoisotopic (exact) mass is 212 g/mol. The van der Waals surface area contributed by atoms with Crippen LogP contribution >= 0.6 is 10.0 Å². The van der Waals surface area contributed by atoms with Crippen molar-refractivity contribution in [1.82, 2.24) is 0 Å². The molecular formula is C10H12O3S. The molecule has 2 rings (SSSR count). The van der Waals surface area contributed by atoms with Crippen molar-refractivity contribution in [2.75, 3.05) is 17.4 Å². The van der Waals surface area contributed by atoms with Gasteiger partial charge in [-0.1, -0.05) is 12.1 Å². The summed E-state index contributed by atoms with van der Waals surface area (Å²) in [7, 11) is -1.15. The Kier molecular flexibility index (Phi) is 2.25. The van der Waals surface area contributed by atoms with Crippen LogP contribution in [0.5, 0.6) is 0 Å². The first kappa shape index (κ1) is 9.55. The fourth-order valence-electron chi connectivity index (χ4n) is 1.54. The highest BCUT2D eigenvalue weighted by Gasteiger charge is 2.40. The molecule has 1 aliphatic heterocycles. The van der Waals surface area contributed by atoms with Crippen LogP contribution in [0.2, 0.25) is 0 Å². The summed E-state index contributed by atoms with van der Waals surface area (Å²) in [4.78, 5) is 11.8. The second kappa shape index (κ2) is 3.29. The van der Waals surface area contributed by atoms with E-state index in [1.807, 2.05) is 12.1 Å². The van der Waals surface area contributed by atoms with Gasteiger partial charge >= 0.3 is 5.97 Å². The first-order valence-corrected chi connectivity index (χ1v) is 6.53. The minimum absolute atomic E-state index is 0.122. The van der Waals surface area contributed by atoms with Gasteiger partial charge in [0.25, 0.3) is 0 Å². The Labute approximate surface area is 83.7 Å². The van der Waals surface area contributed by atoms with Crippen LogP contribution in [0.15, 0.2) is 29.2 Å². The Bertz CT molecular complexity index is 371. The number of rotatable bonds is 3. The number of carboxylic acids is 1. The lowest BCUT2D eigenvalue weighted by atomic mass is 10.2. The van der Waals surface area contributed by atoms with Gasteiger partial charge in [0.2, 0.25) is 0 Å². The summed E-state index contributed by atoms with van der Waals surface area (Å²) in [5.41, 5.74) is 0.356. The van der Waals surface area contributed by atoms with Gasteiger partial charge in [0.15, 0.2) is 0 Å². The molecule has 0 radical (unpaired) electrons. The molecule has 3 nitrogen and oxygen atoms in total. The molecule has 14 heavy (non-hydrogen) atoms. The number of carbonyl (C=O) groups is 1. The van der Waals surface area contributed by atoms with Crippen LogP contribution in [-0.4, -0.2) is 33.6 Å². The highest BCUT2D eigenvalue weighted by molar-refractivity contribution is 8.39. The van der Waals surface area contributed by atoms with E-state index in [9.17, 15) is 9.90 Å². The third-order valence-corrected chi connectivity index (χ3v) is 5.71. The van der Waals surface area contributed by atoms with E-state index in [0.717, 1.165) is 16.4 Å². The van der Waals surface area contributed by atoms with Crippen molar-refractivity contribution < 1.29 is 15.0 Å². The molecule has 1 aromatic carbocycles. The first-order valence-electron chi connectivity index (χ1n) is 4.39. The fraction of sp³-hybridized carbons (Fsp3) is 0.300. The standard InChI is InChI=1S/C10H12O3S/c11-7-14(5-6-14)9-4-2-1-3-8(9)10(12)13/h1-4,11H,5-7H2,(H,12,13). The molecular weight excluding hydrogens is 200 g/mol. The van der Waals surface area contributed by atoms with Crippen molar-refractivity contribution in [3.63, 3.8) is 0 Å². The van der Waals surface area contributed by atoms with Gasteiger partial charge in [-0.2, -0.15) is 10.0 Å². The molecule has 2 N–H and O–H groups in total. The Balaban J connectivity index is 2.47. The molecule has 1 saturated heterocycles. The third-order valence-electron chi connectivity index (χ3n) is 2.53. The molecule has 0 amide bonds. The quantitative estimate of drug-likeness (QED) is 0.747. The summed E-state index contributed by atoms with van der Waals surface area (Å²) in [5.74, 6) is 1.16. The zero-order valence-corrected chi connectivity index (χ0v) is 8.46. The Morgan fingerprint density at radius 3 is 2.50 bits per heavy atom. The Hall–Kier alpha value is -1.00. The second-order valence-electron chi connectivity index (χ2n) is 3.38. The predicted molar refractivity (Wildman–Crippen MR) is 56.1 cm³/mol. The zero-order chi connectivity index (χ0) is 10.2. The van der Waals surface area contributed by atoms with Crippen molar-refractivity contribution in [2.45, 2.75) is 4.90 Å². The number of hydrogen-bond donors (Lipinski definition) is 2. The Morgan fingerprint density at radius 1 is 1.36 bits per heavy atom. The molecule has 0 unspecified atom stereocenters. The van der Waals surface area contributed by atoms with Crippen LogP contribution in [0.1, 0.15) is 10.4 Å². The molecule has 1 aliphatic rings. The Morgan fingerprint density at radius 2 is 2.00 bits per heavy atom. The number of hydrogen-bond acceptors (Lipinski definition) is 2. The van der Waals surface area contributed by atoms with Gasteiger partial charge in [0.1, 0.15) is 0 Å². The summed E-state index contributed by atoms with van der Waals surface area (Å²) < 4.78 is 0. The van der Waals surface area contributed by atoms with Crippen molar-refractivity contribution in [3.05, 3.63) is 29.8 Å². The van der Waals surface area contributed by atoms with E-state index < -0.39 is 16.0 Å². The molecule has 0 aromatic heterocycles. The van der Waals surface area contributed by atoms with Gasteiger partial charge in [-0.25, -0.2) is 4.79 Å². The van der Waals surface area contributed by atoms with Crippen molar-refractivity contribution in [3.8, 4) is 0 Å². The van der Waals surface area contributed by atoms with Gasteiger partial charge in [0, 0.05) is 4.90 Å². The van der Waals surface area contributed by atoms with Gasteiger partial charge in [-0.3, -0.25) is 0 Å². The van der Waals surface area contributed by atoms with E-state index in [4.69, 9.17) is 5.11 Å². The minimum atomic E-state index is -1.15. The molecule has 1 fully saturated rings. The summed E-state index contributed by atoms with van der Waals surface area (Å²) in [6, 6.07) is 7.01. The van der Waals surface area contributed by atoms with Crippen molar-refractivity contribution in [2.24, 2.45) is 0 Å². The largest absolute Gasteiger partial charge is 0.478 e. The maximum Gasteiger partial charge on any atom is 0.336 e. The normalized spacial score (nSPS) is 20.1. The van der Waals surface area contributed by atoms with Crippen molar-refractivity contribution >= 4 is 16.0 Å². The molecule has 0 atom stereocenters. The number of aromatic carboxylic acids is 1. The molecule has 4 heteroatoms. The van der Waals surface area contributed by atoms with Gasteiger partial charge < -0.3 is 10.2 Å². The SMILES string of the molecule is O=C(O)c1ccccc1S1(CO)CC1. The van der Waals surface area contributed by atoms with Crippen LogP contribution in [-0.2, 0) is 0 Å². The average Bonchev–Trinajstić information content (AvgIpc) is 2.98. The van der Waals surface area contributed by atoms with E-state index in [1.54, 1.807) is 12.1 Å². The molecule has 0 aliphatic carbocycles. The van der Waals surface area contributed by atoms with Crippen LogP contribution in [0.4, 0.5) is 0 Å². The molecule has 0 saturated carbocycles. The lowest BCUT2D eigenvalue weighted by molar-refractivity contribution is 0.0693. The van der Waals surface area contributed by atoms with E-state index in [-0.39, 0.29) is 5.94 Å². The number of benzene rings is 1. The van der Waals surface area contributed by atoms with Crippen LogP contribution in [0, 0.1) is 0 Å². The van der Waals surface area contributed by atoms with E-state index >= 15 is 0 Å². The van der Waals surface area contributed by atoms with Gasteiger partial charge in [-0.15, -0.1) is 0 Å². The molecule has 1 aromatic rings. The highest BCUT2D eigenvalue weighted by atomic mass is 32.3. The fourth-order valence-corrected chi connectivity index (χ4v) is 4.17. The lowest BCUT2D eigenvalue weighted by Crippen LogP contribution is -2.02. The molecule has 76 valence electrons. The summed E-state index contributed by atoms with van der Waals surface area (Å²) in [6.45, 7) is 0. The van der Waals surface area contributed by atoms with Crippen molar-refractivity contribution in [1.29, 1.82) is 0 Å². The second-order valence-corrected chi connectivity index (χ2v) is 6.99. The maximum absolute atomic E-state index is 10.9. The topological polar surface area (TPSA) is 57.5 Å². The summed E-state index contributed by atoms with van der Waals surface area (Å²) in [6.07, 6.45) is 0. The van der Waals surface area contributed by atoms with Gasteiger partial charge in [0.05, 0.1) is 11.5 Å². The highest BCUT2D eigenvalue weighted by Crippen LogP contribution is 2.67. The van der Waals surface area contributed by atoms with E-state index in [2.05, 4.69) is 0 Å². The maximum atomic E-state index is 10.9. The van der Waals surface area contributed by atoms with Crippen LogP contribution in [0.3, 0.4) is 0 Å². The van der Waals surface area contributed by atoms with E-state index in [0.29, 0.717) is 5.56 Å². The lowest BCUT2D eigenvalue weighted by Gasteiger charge is -2.19. The smallest absolute Gasteiger partial charge is 0.336 e. The predicted octanol–water partition coefficient (Wildman–Crippen LogP) is 1.51. The first-order chi connectivity index (χ1) is 6.69. The van der Waals surface area contributed by atoms with Gasteiger partial charge in [-0.05, 0) is 23.6 Å². The van der Waals surface area contributed by atoms with Crippen LogP contribution in [0.25, 0.3) is 0 Å². The molecule has 1 heterocycles. The number of aliphatic hydroxyl groups is 1. The zero-order valence-electron chi connectivity index (χ0n) is 7.64. The number of aliphatic hydroxyl groups excluding tert-OH is 1. The van der Waals surface area contributed by atoms with E-state index in [1.165, 1.54) is 0 Å². The molecule has 0 bridgehead atoms. The minimum Gasteiger partial charge on any atom is -0.478 e. The summed E-state index contributed by atoms with van der Waals surface area (Å²) in [5, 5.41) is 18.2. The van der Waals surface area contributed by atoms with Crippen LogP contribution < -0.4 is 0 Å². The summed E-state index contributed by atoms with van der Waals surface area (Å²) >= 11 is 0. The number of carboxylic acid groups (broad SMARTS) is 1.